The zero-order valence-electron chi connectivity index (χ0n) is 14.4. The molecule has 0 aliphatic rings. The van der Waals surface area contributed by atoms with E-state index in [4.69, 9.17) is 69.6 Å². The highest BCUT2D eigenvalue weighted by Gasteiger charge is 2.30. The molecule has 0 fully saturated rings. The molecule has 2 aromatic rings. The van der Waals surface area contributed by atoms with Crippen LogP contribution in [0.15, 0.2) is 46.2 Å². The van der Waals surface area contributed by atoms with Crippen molar-refractivity contribution in [3.05, 3.63) is 58.7 Å². The summed E-state index contributed by atoms with van der Waals surface area (Å²) in [4.78, 5) is 24.6. The van der Waals surface area contributed by atoms with Crippen molar-refractivity contribution in [2.75, 3.05) is 0 Å². The van der Waals surface area contributed by atoms with E-state index in [-0.39, 0.29) is 11.6 Å². The zero-order valence-corrected chi connectivity index (χ0v) is 20.5. The molecule has 2 aromatic carbocycles. The Bertz CT molecular complexity index is 844. The largest absolute Gasteiger partial charge is 0.295 e. The zero-order chi connectivity index (χ0) is 21.3. The Labute approximate surface area is 200 Å². The summed E-state index contributed by atoms with van der Waals surface area (Å²) < 4.78 is -3.43. The van der Waals surface area contributed by atoms with Gasteiger partial charge in [0.05, 0.1) is 0 Å². The maximum atomic E-state index is 11.6. The summed E-state index contributed by atoms with van der Waals surface area (Å²) in [6.45, 7) is 2.87. The van der Waals surface area contributed by atoms with Gasteiger partial charge in [-0.15, -0.1) is 0 Å². The van der Waals surface area contributed by atoms with Crippen LogP contribution < -0.4 is 0 Å². The van der Waals surface area contributed by atoms with E-state index >= 15 is 0 Å². The van der Waals surface area contributed by atoms with Crippen molar-refractivity contribution in [2.45, 2.75) is 31.2 Å². The number of benzene rings is 2. The molecule has 0 unspecified atom stereocenters. The van der Waals surface area contributed by atoms with E-state index in [0.29, 0.717) is 32.0 Å². The minimum atomic E-state index is -1.72. The van der Waals surface area contributed by atoms with Crippen LogP contribution in [0.25, 0.3) is 0 Å². The molecule has 28 heavy (non-hydrogen) atoms. The fraction of sp³-hybridized carbons (Fsp3) is 0.222. The molecule has 0 aliphatic carbocycles. The maximum absolute atomic E-state index is 11.6. The van der Waals surface area contributed by atoms with Crippen molar-refractivity contribution >= 4 is 103 Å². The van der Waals surface area contributed by atoms with Crippen LogP contribution >= 0.6 is 91.2 Å². The molecule has 0 saturated carbocycles. The van der Waals surface area contributed by atoms with Crippen LogP contribution in [0.1, 0.15) is 45.7 Å². The summed E-state index contributed by atoms with van der Waals surface area (Å²) in [5, 5.41) is 0. The molecule has 0 spiro atoms. The number of rotatable bonds is 5. The summed E-state index contributed by atoms with van der Waals surface area (Å²) in [5.74, 6) is -0.281. The monoisotopic (exact) mass is 534 g/mol. The normalized spacial score (nSPS) is 12.1. The van der Waals surface area contributed by atoms with Gasteiger partial charge in [-0.05, 0) is 38.1 Å². The highest BCUT2D eigenvalue weighted by molar-refractivity contribution is 8.76. The minimum Gasteiger partial charge on any atom is -0.295 e. The molecule has 0 atom stereocenters. The van der Waals surface area contributed by atoms with E-state index < -0.39 is 7.59 Å². The topological polar surface area (TPSA) is 34.1 Å². The molecular weight excluding hydrogens is 525 g/mol. The van der Waals surface area contributed by atoms with Gasteiger partial charge in [0.2, 0.25) is 7.59 Å². The van der Waals surface area contributed by atoms with Gasteiger partial charge in [0.1, 0.15) is 0 Å². The van der Waals surface area contributed by atoms with E-state index in [0.717, 1.165) is 0 Å². The van der Waals surface area contributed by atoms with Crippen molar-refractivity contribution in [3.8, 4) is 0 Å². The minimum absolute atomic E-state index is 0.141. The number of carbonyl (C=O) groups excluding carboxylic acids is 2. The lowest BCUT2D eigenvalue weighted by atomic mass is 10.1. The summed E-state index contributed by atoms with van der Waals surface area (Å²) in [5.41, 5.74) is 1.61. The van der Waals surface area contributed by atoms with Gasteiger partial charge in [0.25, 0.3) is 0 Å². The summed E-state index contributed by atoms with van der Waals surface area (Å²) in [6.07, 6.45) is 0. The van der Waals surface area contributed by atoms with E-state index in [1.165, 1.54) is 35.4 Å². The molecule has 0 radical (unpaired) electrons. The van der Waals surface area contributed by atoms with Gasteiger partial charge in [-0.3, -0.25) is 9.59 Å². The van der Waals surface area contributed by atoms with E-state index in [1.54, 1.807) is 36.4 Å². The quantitative estimate of drug-likeness (QED) is 0.218. The van der Waals surface area contributed by atoms with Crippen molar-refractivity contribution < 1.29 is 9.59 Å². The fourth-order valence-corrected chi connectivity index (χ4v) is 5.89. The number of alkyl halides is 6. The van der Waals surface area contributed by atoms with Crippen molar-refractivity contribution in [1.29, 1.82) is 0 Å². The summed E-state index contributed by atoms with van der Waals surface area (Å²) in [6, 6.07) is 9.80. The van der Waals surface area contributed by atoms with Gasteiger partial charge in [-0.25, -0.2) is 0 Å². The number of hydrogen-bond acceptors (Lipinski definition) is 4. The predicted octanol–water partition coefficient (Wildman–Crippen LogP) is 8.54. The standard InChI is InChI=1S/C18H12Cl6O2S2/c1-9(25)11-3-5-15(13(7-11)17(19,20)21)27-28-16-6-4-12(10(2)26)8-14(16)18(22,23)24/h3-8H,1-2H3. The first-order valence-corrected chi connectivity index (χ1v) is 12.0. The molecule has 0 N–H and O–H groups in total. The number of Topliss-reactive ketones (excluding diaryl/α,β-unsaturated/α-hetero) is 2. The molecule has 0 aromatic heterocycles. The number of carbonyl (C=O) groups is 2. The third-order valence-corrected chi connectivity index (χ3v) is 7.31. The number of ketones is 2. The predicted molar refractivity (Wildman–Crippen MR) is 123 cm³/mol. The molecule has 10 heteroatoms. The Morgan fingerprint density at radius 2 is 1.00 bits per heavy atom. The molecule has 2 rings (SSSR count). The molecule has 0 saturated heterocycles. The second-order valence-corrected chi connectivity index (χ2v) is 12.5. The molecule has 0 aliphatic heterocycles. The maximum Gasteiger partial charge on any atom is 0.217 e. The first kappa shape index (κ1) is 24.5. The lowest BCUT2D eigenvalue weighted by Crippen LogP contribution is -2.06. The second kappa shape index (κ2) is 9.57. The Morgan fingerprint density at radius 1 is 0.679 bits per heavy atom. The van der Waals surface area contributed by atoms with Crippen LogP contribution in [0.5, 0.6) is 0 Å². The molecule has 2 nitrogen and oxygen atoms in total. The Kier molecular flexibility index (Phi) is 8.37. The van der Waals surface area contributed by atoms with Crippen LogP contribution in [-0.2, 0) is 7.59 Å². The number of halogens is 6. The van der Waals surface area contributed by atoms with Crippen molar-refractivity contribution in [2.24, 2.45) is 0 Å². The first-order chi connectivity index (χ1) is 12.8. The van der Waals surface area contributed by atoms with Crippen LogP contribution in [0.4, 0.5) is 0 Å². The lowest BCUT2D eigenvalue weighted by Gasteiger charge is -2.19. The van der Waals surface area contributed by atoms with Crippen LogP contribution in [0.2, 0.25) is 0 Å². The van der Waals surface area contributed by atoms with E-state index in [2.05, 4.69) is 0 Å². The third-order valence-electron chi connectivity index (χ3n) is 3.60. The Balaban J connectivity index is 2.41. The van der Waals surface area contributed by atoms with Gasteiger partial charge in [-0.2, -0.15) is 0 Å². The van der Waals surface area contributed by atoms with Gasteiger partial charge in [0.15, 0.2) is 11.6 Å². The van der Waals surface area contributed by atoms with Crippen molar-refractivity contribution in [3.63, 3.8) is 0 Å². The highest BCUT2D eigenvalue weighted by Crippen LogP contribution is 2.51. The SMILES string of the molecule is CC(=O)c1ccc(SSc2ccc(C(C)=O)cc2C(Cl)(Cl)Cl)c(C(Cl)(Cl)Cl)c1. The first-order valence-electron chi connectivity index (χ1n) is 7.59. The summed E-state index contributed by atoms with van der Waals surface area (Å²) in [7, 11) is 2.57. The average Bonchev–Trinajstić information content (AvgIpc) is 2.57. The van der Waals surface area contributed by atoms with Gasteiger partial charge in [-0.1, -0.05) is 103 Å². The lowest BCUT2D eigenvalue weighted by molar-refractivity contribution is 0.100. The highest BCUT2D eigenvalue weighted by atomic mass is 35.6. The van der Waals surface area contributed by atoms with Crippen LogP contribution in [-0.4, -0.2) is 11.6 Å². The Hall–Kier alpha value is 0.220. The molecule has 0 bridgehead atoms. The molecule has 150 valence electrons. The van der Waals surface area contributed by atoms with Gasteiger partial charge < -0.3 is 0 Å². The smallest absolute Gasteiger partial charge is 0.217 e. The fourth-order valence-electron chi connectivity index (χ4n) is 2.18. The third kappa shape index (κ3) is 6.36. The summed E-state index contributed by atoms with van der Waals surface area (Å²) >= 11 is 36.5. The molecular formula is C18H12Cl6O2S2. The van der Waals surface area contributed by atoms with Crippen LogP contribution in [0.3, 0.4) is 0 Å². The number of hydrogen-bond donors (Lipinski definition) is 0. The molecule has 0 heterocycles. The second-order valence-electron chi connectivity index (χ2n) is 5.70. The van der Waals surface area contributed by atoms with E-state index in [9.17, 15) is 9.59 Å². The van der Waals surface area contributed by atoms with Gasteiger partial charge >= 0.3 is 0 Å². The Morgan fingerprint density at radius 3 is 1.25 bits per heavy atom. The van der Waals surface area contributed by atoms with E-state index in [1.807, 2.05) is 0 Å². The van der Waals surface area contributed by atoms with Crippen LogP contribution in [0, 0.1) is 0 Å². The van der Waals surface area contributed by atoms with Crippen molar-refractivity contribution in [1.82, 2.24) is 0 Å². The van der Waals surface area contributed by atoms with Gasteiger partial charge in [0, 0.05) is 32.0 Å². The average molecular weight is 537 g/mol. The molecule has 0 amide bonds.